The van der Waals surface area contributed by atoms with Crippen LogP contribution in [-0.2, 0) is 4.43 Å². The first kappa shape index (κ1) is 15.7. The lowest BCUT2D eigenvalue weighted by molar-refractivity contribution is 0.288. The second-order valence-corrected chi connectivity index (χ2v) is 9.11. The summed E-state index contributed by atoms with van der Waals surface area (Å²) in [5.74, 6) is 6.04. The van der Waals surface area contributed by atoms with Crippen LogP contribution in [0.3, 0.4) is 0 Å². The van der Waals surface area contributed by atoms with Gasteiger partial charge in [-0.05, 0) is 37.9 Å². The van der Waals surface area contributed by atoms with E-state index in [1.807, 2.05) is 6.92 Å². The van der Waals surface area contributed by atoms with Gasteiger partial charge in [-0.1, -0.05) is 27.2 Å². The van der Waals surface area contributed by atoms with Crippen molar-refractivity contribution >= 4 is 8.32 Å². The molecule has 0 fully saturated rings. The summed E-state index contributed by atoms with van der Waals surface area (Å²) in [5, 5.41) is 0. The maximum absolute atomic E-state index is 6.19. The van der Waals surface area contributed by atoms with E-state index in [4.69, 9.17) is 4.43 Å². The normalized spacial score (nSPS) is 11.0. The monoisotopic (exact) mass is 240 g/mol. The Labute approximate surface area is 103 Å². The Hall–Kier alpha value is -0.263. The molecule has 0 saturated heterocycles. The standard InChI is InChI=1S/C14H28OSi/c1-5-9-10-11-12-13-14-15-16(6-2,7-3)8-4/h6-8,10-14H2,1-4H3. The van der Waals surface area contributed by atoms with Crippen molar-refractivity contribution in [2.75, 3.05) is 6.61 Å². The highest BCUT2D eigenvalue weighted by atomic mass is 28.4. The zero-order chi connectivity index (χ0) is 12.3. The van der Waals surface area contributed by atoms with Crippen molar-refractivity contribution in [3.63, 3.8) is 0 Å². The highest BCUT2D eigenvalue weighted by molar-refractivity contribution is 6.73. The van der Waals surface area contributed by atoms with E-state index in [0.29, 0.717) is 0 Å². The lowest BCUT2D eigenvalue weighted by Crippen LogP contribution is -2.36. The zero-order valence-electron chi connectivity index (χ0n) is 11.6. The molecule has 0 spiro atoms. The van der Waals surface area contributed by atoms with Crippen LogP contribution in [0.2, 0.25) is 18.1 Å². The summed E-state index contributed by atoms with van der Waals surface area (Å²) in [4.78, 5) is 0. The number of unbranched alkanes of at least 4 members (excludes halogenated alkanes) is 3. The molecule has 0 aliphatic carbocycles. The van der Waals surface area contributed by atoms with E-state index in [-0.39, 0.29) is 0 Å². The predicted octanol–water partition coefficient (Wildman–Crippen LogP) is 4.59. The maximum Gasteiger partial charge on any atom is 0.191 e. The second kappa shape index (κ2) is 9.93. The van der Waals surface area contributed by atoms with Crippen LogP contribution in [0.1, 0.15) is 53.4 Å². The second-order valence-electron chi connectivity index (χ2n) is 4.33. The first-order valence-electron chi connectivity index (χ1n) is 6.78. The van der Waals surface area contributed by atoms with Crippen LogP contribution in [0.15, 0.2) is 0 Å². The van der Waals surface area contributed by atoms with Crippen molar-refractivity contribution in [1.29, 1.82) is 0 Å². The van der Waals surface area contributed by atoms with Gasteiger partial charge in [-0.3, -0.25) is 0 Å². The summed E-state index contributed by atoms with van der Waals surface area (Å²) >= 11 is 0. The van der Waals surface area contributed by atoms with Crippen LogP contribution < -0.4 is 0 Å². The van der Waals surface area contributed by atoms with E-state index >= 15 is 0 Å². The smallest absolute Gasteiger partial charge is 0.191 e. The third-order valence-corrected chi connectivity index (χ3v) is 8.15. The van der Waals surface area contributed by atoms with Crippen LogP contribution in [-0.4, -0.2) is 14.9 Å². The van der Waals surface area contributed by atoms with Gasteiger partial charge in [-0.15, -0.1) is 11.8 Å². The topological polar surface area (TPSA) is 9.23 Å². The van der Waals surface area contributed by atoms with Crippen LogP contribution in [0, 0.1) is 11.8 Å². The average Bonchev–Trinajstić information content (AvgIpc) is 2.34. The molecule has 0 aromatic heterocycles. The van der Waals surface area contributed by atoms with E-state index < -0.39 is 8.32 Å². The van der Waals surface area contributed by atoms with Crippen molar-refractivity contribution in [2.45, 2.75) is 71.5 Å². The minimum atomic E-state index is -1.32. The Bertz CT molecular complexity index is 202. The summed E-state index contributed by atoms with van der Waals surface area (Å²) in [6, 6.07) is 3.80. The van der Waals surface area contributed by atoms with E-state index in [9.17, 15) is 0 Å². The lowest BCUT2D eigenvalue weighted by Gasteiger charge is -2.27. The van der Waals surface area contributed by atoms with E-state index in [1.54, 1.807) is 0 Å². The molecule has 0 unspecified atom stereocenters. The molecule has 0 aliphatic heterocycles. The molecule has 16 heavy (non-hydrogen) atoms. The minimum absolute atomic E-state index is 0.974. The molecule has 1 nitrogen and oxygen atoms in total. The lowest BCUT2D eigenvalue weighted by atomic mass is 10.2. The molecule has 0 aliphatic rings. The van der Waals surface area contributed by atoms with Crippen LogP contribution in [0.25, 0.3) is 0 Å². The molecule has 0 rings (SSSR count). The fourth-order valence-corrected chi connectivity index (χ4v) is 4.65. The molecular formula is C14H28OSi. The Morgan fingerprint density at radius 2 is 1.56 bits per heavy atom. The first-order chi connectivity index (χ1) is 7.74. The quantitative estimate of drug-likeness (QED) is 0.325. The zero-order valence-corrected chi connectivity index (χ0v) is 12.6. The third kappa shape index (κ3) is 6.35. The van der Waals surface area contributed by atoms with Gasteiger partial charge in [0.05, 0.1) is 0 Å². The molecule has 94 valence electrons. The molecule has 0 aromatic rings. The van der Waals surface area contributed by atoms with Crippen molar-refractivity contribution in [3.8, 4) is 11.8 Å². The summed E-state index contributed by atoms with van der Waals surface area (Å²) in [6.07, 6.45) is 4.74. The van der Waals surface area contributed by atoms with Gasteiger partial charge in [0.15, 0.2) is 8.32 Å². The molecule has 0 heterocycles. The first-order valence-corrected chi connectivity index (χ1v) is 9.31. The fraction of sp³-hybridized carbons (Fsp3) is 0.857. The molecule has 0 amide bonds. The van der Waals surface area contributed by atoms with Gasteiger partial charge in [0.2, 0.25) is 0 Å². The van der Waals surface area contributed by atoms with Crippen LogP contribution in [0.5, 0.6) is 0 Å². The summed E-state index contributed by atoms with van der Waals surface area (Å²) in [6.45, 7) is 9.75. The Morgan fingerprint density at radius 3 is 2.06 bits per heavy atom. The molecule has 2 heteroatoms. The van der Waals surface area contributed by atoms with E-state index in [1.165, 1.54) is 37.4 Å². The largest absolute Gasteiger partial charge is 0.417 e. The van der Waals surface area contributed by atoms with Gasteiger partial charge in [-0.2, -0.15) is 0 Å². The molecule has 0 bridgehead atoms. The SMILES string of the molecule is CC#CCCCCCO[Si](CC)(CC)CC. The molecular weight excluding hydrogens is 212 g/mol. The third-order valence-electron chi connectivity index (χ3n) is 3.46. The van der Waals surface area contributed by atoms with Crippen molar-refractivity contribution < 1.29 is 4.43 Å². The Morgan fingerprint density at radius 1 is 0.938 bits per heavy atom. The summed E-state index contributed by atoms with van der Waals surface area (Å²) < 4.78 is 6.19. The van der Waals surface area contributed by atoms with Gasteiger partial charge in [0, 0.05) is 13.0 Å². The van der Waals surface area contributed by atoms with Gasteiger partial charge >= 0.3 is 0 Å². The van der Waals surface area contributed by atoms with E-state index in [2.05, 4.69) is 32.6 Å². The average molecular weight is 240 g/mol. The molecule has 0 saturated carbocycles. The number of hydrogen-bond donors (Lipinski definition) is 0. The molecule has 0 atom stereocenters. The Balaban J connectivity index is 3.57. The Kier molecular flexibility index (Phi) is 9.76. The fourth-order valence-electron chi connectivity index (χ4n) is 1.96. The van der Waals surface area contributed by atoms with Gasteiger partial charge in [0.1, 0.15) is 0 Å². The molecule has 0 aromatic carbocycles. The predicted molar refractivity (Wildman–Crippen MR) is 75.1 cm³/mol. The van der Waals surface area contributed by atoms with E-state index in [0.717, 1.165) is 13.0 Å². The van der Waals surface area contributed by atoms with Gasteiger partial charge in [-0.25, -0.2) is 0 Å². The maximum atomic E-state index is 6.19. The van der Waals surface area contributed by atoms with Crippen molar-refractivity contribution in [2.24, 2.45) is 0 Å². The molecule has 0 N–H and O–H groups in total. The summed E-state index contributed by atoms with van der Waals surface area (Å²) in [7, 11) is -1.32. The summed E-state index contributed by atoms with van der Waals surface area (Å²) in [5.41, 5.74) is 0. The number of hydrogen-bond acceptors (Lipinski definition) is 1. The van der Waals surface area contributed by atoms with Gasteiger partial charge < -0.3 is 4.43 Å². The van der Waals surface area contributed by atoms with Crippen molar-refractivity contribution in [1.82, 2.24) is 0 Å². The molecule has 0 radical (unpaired) electrons. The highest BCUT2D eigenvalue weighted by Crippen LogP contribution is 2.21. The van der Waals surface area contributed by atoms with Crippen molar-refractivity contribution in [3.05, 3.63) is 0 Å². The van der Waals surface area contributed by atoms with Gasteiger partial charge in [0.25, 0.3) is 0 Å². The van der Waals surface area contributed by atoms with Crippen LogP contribution in [0.4, 0.5) is 0 Å². The van der Waals surface area contributed by atoms with Crippen LogP contribution >= 0.6 is 0 Å². The number of rotatable bonds is 9. The highest BCUT2D eigenvalue weighted by Gasteiger charge is 2.27. The minimum Gasteiger partial charge on any atom is -0.417 e.